The SMILES string of the molecule is C[C@]1(C(=O)NCc2ccc(Cl)cc2)CN(S(C)(=O)=O)CC(=O)N1c1ccc(F)cc1. The number of amides is 2. The van der Waals surface area contributed by atoms with E-state index in [-0.39, 0.29) is 13.1 Å². The van der Waals surface area contributed by atoms with Crippen LogP contribution < -0.4 is 10.2 Å². The fourth-order valence-corrected chi connectivity index (χ4v) is 4.33. The van der Waals surface area contributed by atoms with Crippen LogP contribution in [0, 0.1) is 5.82 Å². The molecule has 2 aromatic carbocycles. The number of halogens is 2. The van der Waals surface area contributed by atoms with E-state index in [2.05, 4.69) is 5.32 Å². The summed E-state index contributed by atoms with van der Waals surface area (Å²) in [6, 6.07) is 12.0. The summed E-state index contributed by atoms with van der Waals surface area (Å²) in [5.74, 6) is -1.61. The lowest BCUT2D eigenvalue weighted by molar-refractivity contribution is -0.133. The maximum Gasteiger partial charge on any atom is 0.247 e. The predicted octanol–water partition coefficient (Wildman–Crippen LogP) is 2.16. The number of rotatable bonds is 5. The first-order chi connectivity index (χ1) is 14.0. The number of carbonyl (C=O) groups excluding carboxylic acids is 2. The van der Waals surface area contributed by atoms with Crippen LogP contribution in [0.1, 0.15) is 12.5 Å². The highest BCUT2D eigenvalue weighted by Crippen LogP contribution is 2.30. The number of hydrogen-bond acceptors (Lipinski definition) is 4. The van der Waals surface area contributed by atoms with Crippen molar-refractivity contribution in [3.63, 3.8) is 0 Å². The van der Waals surface area contributed by atoms with Gasteiger partial charge in [-0.25, -0.2) is 12.8 Å². The van der Waals surface area contributed by atoms with Gasteiger partial charge in [0.1, 0.15) is 11.4 Å². The molecule has 0 aliphatic carbocycles. The smallest absolute Gasteiger partial charge is 0.247 e. The molecule has 0 spiro atoms. The number of sulfonamides is 1. The number of hydrogen-bond donors (Lipinski definition) is 1. The largest absolute Gasteiger partial charge is 0.350 e. The van der Waals surface area contributed by atoms with Crippen molar-refractivity contribution in [2.45, 2.75) is 19.0 Å². The first-order valence-electron chi connectivity index (χ1n) is 9.07. The van der Waals surface area contributed by atoms with E-state index >= 15 is 0 Å². The Morgan fingerprint density at radius 1 is 1.17 bits per heavy atom. The Kier molecular flexibility index (Phi) is 6.16. The second kappa shape index (κ2) is 8.33. The van der Waals surface area contributed by atoms with Gasteiger partial charge >= 0.3 is 0 Å². The number of nitrogens with one attached hydrogen (secondary N) is 1. The second-order valence-corrected chi connectivity index (χ2v) is 9.74. The zero-order chi connectivity index (χ0) is 22.1. The zero-order valence-electron chi connectivity index (χ0n) is 16.4. The van der Waals surface area contributed by atoms with Crippen molar-refractivity contribution < 1.29 is 22.4 Å². The van der Waals surface area contributed by atoms with E-state index < -0.39 is 39.7 Å². The lowest BCUT2D eigenvalue weighted by atomic mass is 9.94. The summed E-state index contributed by atoms with van der Waals surface area (Å²) in [5.41, 5.74) is -0.451. The molecule has 7 nitrogen and oxygen atoms in total. The quantitative estimate of drug-likeness (QED) is 0.751. The maximum atomic E-state index is 13.4. The third kappa shape index (κ3) is 4.63. The lowest BCUT2D eigenvalue weighted by Gasteiger charge is -2.46. The van der Waals surface area contributed by atoms with E-state index in [1.54, 1.807) is 24.3 Å². The molecule has 0 unspecified atom stereocenters. The molecule has 0 saturated carbocycles. The fourth-order valence-electron chi connectivity index (χ4n) is 3.37. The monoisotopic (exact) mass is 453 g/mol. The van der Waals surface area contributed by atoms with Gasteiger partial charge in [0, 0.05) is 23.8 Å². The number of benzene rings is 2. The molecule has 0 bridgehead atoms. The molecule has 1 saturated heterocycles. The number of carbonyl (C=O) groups is 2. The second-order valence-electron chi connectivity index (χ2n) is 7.32. The van der Waals surface area contributed by atoms with Gasteiger partial charge in [-0.05, 0) is 48.9 Å². The molecule has 2 aromatic rings. The Morgan fingerprint density at radius 2 is 1.77 bits per heavy atom. The standard InChI is InChI=1S/C20H21ClFN3O4S/c1-20(19(27)23-11-14-3-5-15(21)6-4-14)13-24(30(2,28)29)12-18(26)25(20)17-9-7-16(22)8-10-17/h3-10H,11-13H2,1-2H3,(H,23,27)/t20-/m1/s1. The van der Waals surface area contributed by atoms with Crippen LogP contribution in [-0.2, 0) is 26.2 Å². The van der Waals surface area contributed by atoms with Crippen LogP contribution in [0.3, 0.4) is 0 Å². The highest BCUT2D eigenvalue weighted by molar-refractivity contribution is 7.88. The van der Waals surface area contributed by atoms with Gasteiger partial charge in [-0.1, -0.05) is 23.7 Å². The van der Waals surface area contributed by atoms with Gasteiger partial charge in [-0.15, -0.1) is 0 Å². The molecule has 1 aliphatic rings. The van der Waals surface area contributed by atoms with Crippen LogP contribution in [0.2, 0.25) is 5.02 Å². The first-order valence-corrected chi connectivity index (χ1v) is 11.3. The molecule has 0 aromatic heterocycles. The average molecular weight is 454 g/mol. The Morgan fingerprint density at radius 3 is 2.33 bits per heavy atom. The van der Waals surface area contributed by atoms with Gasteiger partial charge < -0.3 is 5.32 Å². The number of anilines is 1. The van der Waals surface area contributed by atoms with Crippen LogP contribution >= 0.6 is 11.6 Å². The van der Waals surface area contributed by atoms with Crippen LogP contribution in [0.25, 0.3) is 0 Å². The zero-order valence-corrected chi connectivity index (χ0v) is 18.0. The average Bonchev–Trinajstić information content (AvgIpc) is 2.67. The molecular formula is C20H21ClFN3O4S. The minimum absolute atomic E-state index is 0.163. The van der Waals surface area contributed by atoms with E-state index in [0.717, 1.165) is 16.1 Å². The molecule has 1 aliphatic heterocycles. The van der Waals surface area contributed by atoms with Crippen LogP contribution in [0.5, 0.6) is 0 Å². The topological polar surface area (TPSA) is 86.8 Å². The molecule has 2 amide bonds. The fraction of sp³-hybridized carbons (Fsp3) is 0.300. The summed E-state index contributed by atoms with van der Waals surface area (Å²) < 4.78 is 38.6. The van der Waals surface area contributed by atoms with Gasteiger partial charge in [0.15, 0.2) is 0 Å². The molecule has 1 N–H and O–H groups in total. The van der Waals surface area contributed by atoms with Crippen molar-refractivity contribution >= 4 is 39.1 Å². The molecular weight excluding hydrogens is 433 g/mol. The van der Waals surface area contributed by atoms with Gasteiger partial charge in [0.2, 0.25) is 21.8 Å². The molecule has 0 radical (unpaired) electrons. The summed E-state index contributed by atoms with van der Waals surface area (Å²) in [5, 5.41) is 3.32. The summed E-state index contributed by atoms with van der Waals surface area (Å²) in [6.45, 7) is 1.01. The van der Waals surface area contributed by atoms with Gasteiger partial charge in [-0.3, -0.25) is 14.5 Å². The van der Waals surface area contributed by atoms with Crippen LogP contribution in [0.4, 0.5) is 10.1 Å². The number of piperazine rings is 1. The van der Waals surface area contributed by atoms with Gasteiger partial charge in [0.05, 0.1) is 12.8 Å². The minimum Gasteiger partial charge on any atom is -0.350 e. The van der Waals surface area contributed by atoms with E-state index in [9.17, 15) is 22.4 Å². The van der Waals surface area contributed by atoms with E-state index in [0.29, 0.717) is 10.7 Å². The first kappa shape index (κ1) is 22.2. The van der Waals surface area contributed by atoms with Crippen molar-refractivity contribution in [1.82, 2.24) is 9.62 Å². The summed E-state index contributed by atoms with van der Waals surface area (Å²) in [7, 11) is -3.72. The van der Waals surface area contributed by atoms with Gasteiger partial charge in [-0.2, -0.15) is 4.31 Å². The lowest BCUT2D eigenvalue weighted by Crippen LogP contribution is -2.70. The van der Waals surface area contributed by atoms with Crippen LogP contribution in [-0.4, -0.2) is 49.4 Å². The van der Waals surface area contributed by atoms with Gasteiger partial charge in [0.25, 0.3) is 0 Å². The molecule has 160 valence electrons. The Bertz CT molecular complexity index is 1060. The molecule has 10 heteroatoms. The molecule has 1 atom stereocenters. The van der Waals surface area contributed by atoms with E-state index in [1.165, 1.54) is 36.1 Å². The highest BCUT2D eigenvalue weighted by atomic mass is 35.5. The Labute approximate surface area is 179 Å². The normalized spacial score (nSPS) is 20.3. The van der Waals surface area contributed by atoms with Crippen molar-refractivity contribution in [2.75, 3.05) is 24.2 Å². The van der Waals surface area contributed by atoms with Crippen molar-refractivity contribution in [2.24, 2.45) is 0 Å². The Hall–Kier alpha value is -2.49. The summed E-state index contributed by atoms with van der Waals surface area (Å²) in [4.78, 5) is 27.3. The minimum atomic E-state index is -3.72. The van der Waals surface area contributed by atoms with E-state index in [4.69, 9.17) is 11.6 Å². The third-order valence-corrected chi connectivity index (χ3v) is 6.40. The maximum absolute atomic E-state index is 13.4. The summed E-state index contributed by atoms with van der Waals surface area (Å²) in [6.07, 6.45) is 0.986. The van der Waals surface area contributed by atoms with E-state index in [1.807, 2.05) is 0 Å². The predicted molar refractivity (Wildman–Crippen MR) is 112 cm³/mol. The molecule has 1 fully saturated rings. The Balaban J connectivity index is 1.93. The highest BCUT2D eigenvalue weighted by Gasteiger charge is 2.50. The molecule has 3 rings (SSSR count). The van der Waals surface area contributed by atoms with Crippen molar-refractivity contribution in [1.29, 1.82) is 0 Å². The van der Waals surface area contributed by atoms with Crippen LogP contribution in [0.15, 0.2) is 48.5 Å². The summed E-state index contributed by atoms with van der Waals surface area (Å²) >= 11 is 5.87. The molecule has 1 heterocycles. The van der Waals surface area contributed by atoms with Crippen molar-refractivity contribution in [3.05, 3.63) is 64.9 Å². The third-order valence-electron chi connectivity index (χ3n) is 4.95. The number of nitrogens with zero attached hydrogens (tertiary/aromatic N) is 2. The molecule has 30 heavy (non-hydrogen) atoms. The van der Waals surface area contributed by atoms with Crippen molar-refractivity contribution in [3.8, 4) is 0 Å².